The van der Waals surface area contributed by atoms with Crippen molar-refractivity contribution in [3.05, 3.63) is 15.6 Å². The highest BCUT2D eigenvalue weighted by atomic mass is 32.2. The van der Waals surface area contributed by atoms with Crippen molar-refractivity contribution < 1.29 is 0 Å². The van der Waals surface area contributed by atoms with Gasteiger partial charge in [0.2, 0.25) is 0 Å². The number of nitrogens with zero attached hydrogens (tertiary/aromatic N) is 1. The van der Waals surface area contributed by atoms with Crippen LogP contribution in [0.3, 0.4) is 0 Å². The van der Waals surface area contributed by atoms with Crippen molar-refractivity contribution in [2.75, 3.05) is 18.1 Å². The molecule has 1 N–H and O–H groups in total. The van der Waals surface area contributed by atoms with Crippen LogP contribution in [0.4, 0.5) is 0 Å². The van der Waals surface area contributed by atoms with Crippen LogP contribution in [-0.2, 0) is 13.0 Å². The van der Waals surface area contributed by atoms with Gasteiger partial charge in [-0.25, -0.2) is 4.98 Å². The van der Waals surface area contributed by atoms with Gasteiger partial charge >= 0.3 is 0 Å². The van der Waals surface area contributed by atoms with Gasteiger partial charge in [-0.1, -0.05) is 27.2 Å². The van der Waals surface area contributed by atoms with Gasteiger partial charge in [-0.05, 0) is 25.8 Å². The van der Waals surface area contributed by atoms with Crippen molar-refractivity contribution in [1.82, 2.24) is 10.3 Å². The van der Waals surface area contributed by atoms with E-state index in [0.717, 1.165) is 24.8 Å². The summed E-state index contributed by atoms with van der Waals surface area (Å²) < 4.78 is 0. The molecule has 1 aromatic rings. The second-order valence-electron chi connectivity index (χ2n) is 5.46. The van der Waals surface area contributed by atoms with E-state index in [2.05, 4.69) is 49.6 Å². The summed E-state index contributed by atoms with van der Waals surface area (Å²) in [5.41, 5.74) is 1.35. The lowest BCUT2D eigenvalue weighted by Gasteiger charge is -2.28. The van der Waals surface area contributed by atoms with Gasteiger partial charge in [0.25, 0.3) is 0 Å². The second-order valence-corrected chi connectivity index (χ2v) is 9.17. The molecule has 2 unspecified atom stereocenters. The Kier molecular flexibility index (Phi) is 7.92. The number of hydrogen-bond donors (Lipinski definition) is 1. The fourth-order valence-electron chi connectivity index (χ4n) is 2.61. The summed E-state index contributed by atoms with van der Waals surface area (Å²) in [4.78, 5) is 6.52. The summed E-state index contributed by atoms with van der Waals surface area (Å²) in [5, 5.41) is 6.31. The van der Waals surface area contributed by atoms with Gasteiger partial charge in [-0.15, -0.1) is 23.1 Å². The minimum Gasteiger partial charge on any atom is -0.312 e. The number of hydrogen-bond acceptors (Lipinski definition) is 5. The van der Waals surface area contributed by atoms with Gasteiger partial charge in [0.05, 0.1) is 10.9 Å². The highest BCUT2D eigenvalue weighted by Gasteiger charge is 2.29. The third-order valence-electron chi connectivity index (χ3n) is 3.69. The molecule has 1 aromatic heterocycles. The number of nitrogens with one attached hydrogen (secondary N) is 1. The number of aryl methyl sites for hydroxylation is 1. The van der Waals surface area contributed by atoms with E-state index >= 15 is 0 Å². The normalized spacial score (nSPS) is 22.6. The minimum atomic E-state index is 0.620. The Balaban J connectivity index is 2.12. The molecular formula is C16H28N2S3. The predicted molar refractivity (Wildman–Crippen MR) is 99.8 cm³/mol. The van der Waals surface area contributed by atoms with Crippen molar-refractivity contribution in [2.45, 2.75) is 63.5 Å². The predicted octanol–water partition coefficient (Wildman–Crippen LogP) is 4.89. The standard InChI is InChI=1S/C16H28N2S3/c1-4-7-12-14(11-17-8-5-2)21-16(18-12)15-13(6-3)19-9-10-20-15/h13,15,17H,4-11H2,1-3H3. The smallest absolute Gasteiger partial charge is 0.107 e. The van der Waals surface area contributed by atoms with E-state index in [-0.39, 0.29) is 0 Å². The molecule has 0 aromatic carbocycles. The Bertz CT molecular complexity index is 420. The summed E-state index contributed by atoms with van der Waals surface area (Å²) in [6, 6.07) is 0. The zero-order chi connectivity index (χ0) is 15.1. The molecule has 1 aliphatic rings. The maximum Gasteiger partial charge on any atom is 0.107 e. The maximum atomic E-state index is 5.04. The van der Waals surface area contributed by atoms with Crippen molar-refractivity contribution in [1.29, 1.82) is 0 Å². The number of rotatable bonds is 8. The molecule has 2 rings (SSSR count). The Hall–Kier alpha value is 0.290. The highest BCUT2D eigenvalue weighted by Crippen LogP contribution is 2.45. The van der Waals surface area contributed by atoms with Gasteiger partial charge in [-0.2, -0.15) is 11.8 Å². The van der Waals surface area contributed by atoms with Gasteiger partial charge in [0.1, 0.15) is 5.01 Å². The molecule has 0 aliphatic carbocycles. The van der Waals surface area contributed by atoms with E-state index in [1.807, 2.05) is 11.3 Å². The van der Waals surface area contributed by atoms with Crippen LogP contribution < -0.4 is 5.32 Å². The lowest BCUT2D eigenvalue weighted by Crippen LogP contribution is -2.18. The first-order valence-electron chi connectivity index (χ1n) is 8.22. The molecule has 2 nitrogen and oxygen atoms in total. The lowest BCUT2D eigenvalue weighted by molar-refractivity contribution is 0.674. The third-order valence-corrected chi connectivity index (χ3v) is 8.27. The molecule has 21 heavy (non-hydrogen) atoms. The molecule has 2 atom stereocenters. The fourth-order valence-corrected chi connectivity index (χ4v) is 7.11. The summed E-state index contributed by atoms with van der Waals surface area (Å²) in [5.74, 6) is 2.58. The molecule has 5 heteroatoms. The van der Waals surface area contributed by atoms with Gasteiger partial charge in [0, 0.05) is 28.2 Å². The van der Waals surface area contributed by atoms with E-state index in [1.165, 1.54) is 46.3 Å². The molecule has 0 amide bonds. The molecule has 1 fully saturated rings. The molecule has 2 heterocycles. The lowest BCUT2D eigenvalue weighted by atomic mass is 10.2. The van der Waals surface area contributed by atoms with Crippen molar-refractivity contribution in [3.8, 4) is 0 Å². The molecule has 0 radical (unpaired) electrons. The number of thioether (sulfide) groups is 2. The van der Waals surface area contributed by atoms with E-state index in [1.54, 1.807) is 0 Å². The van der Waals surface area contributed by atoms with Crippen LogP contribution in [0.2, 0.25) is 0 Å². The molecule has 0 bridgehead atoms. The van der Waals surface area contributed by atoms with Gasteiger partial charge in [-0.3, -0.25) is 0 Å². The largest absolute Gasteiger partial charge is 0.312 e. The number of thiazole rings is 1. The highest BCUT2D eigenvalue weighted by molar-refractivity contribution is 8.06. The van der Waals surface area contributed by atoms with E-state index in [0.29, 0.717) is 5.25 Å². The van der Waals surface area contributed by atoms with Crippen molar-refractivity contribution in [2.24, 2.45) is 0 Å². The first kappa shape index (κ1) is 17.6. The summed E-state index contributed by atoms with van der Waals surface area (Å²) in [6.45, 7) is 8.90. The van der Waals surface area contributed by atoms with Crippen molar-refractivity contribution >= 4 is 34.9 Å². The molecule has 120 valence electrons. The van der Waals surface area contributed by atoms with E-state index in [9.17, 15) is 0 Å². The molecule has 1 aliphatic heterocycles. The molecular weight excluding hydrogens is 316 g/mol. The van der Waals surface area contributed by atoms with E-state index < -0.39 is 0 Å². The van der Waals surface area contributed by atoms with Crippen LogP contribution in [0.25, 0.3) is 0 Å². The van der Waals surface area contributed by atoms with Crippen molar-refractivity contribution in [3.63, 3.8) is 0 Å². The molecule has 0 saturated carbocycles. The Labute approximate surface area is 142 Å². The Morgan fingerprint density at radius 1 is 1.14 bits per heavy atom. The summed E-state index contributed by atoms with van der Waals surface area (Å²) in [7, 11) is 0. The first-order chi connectivity index (χ1) is 10.3. The van der Waals surface area contributed by atoms with Crippen LogP contribution in [0.1, 0.15) is 60.9 Å². The van der Waals surface area contributed by atoms with Crippen LogP contribution in [0.5, 0.6) is 0 Å². The van der Waals surface area contributed by atoms with Crippen LogP contribution in [0.15, 0.2) is 0 Å². The van der Waals surface area contributed by atoms with Crippen LogP contribution >= 0.6 is 34.9 Å². The molecule has 0 spiro atoms. The quantitative estimate of drug-likeness (QED) is 0.678. The summed E-state index contributed by atoms with van der Waals surface area (Å²) in [6.07, 6.45) is 4.77. The maximum absolute atomic E-state index is 5.04. The Morgan fingerprint density at radius 2 is 1.95 bits per heavy atom. The van der Waals surface area contributed by atoms with Crippen LogP contribution in [0, 0.1) is 0 Å². The van der Waals surface area contributed by atoms with Gasteiger partial charge in [0.15, 0.2) is 0 Å². The van der Waals surface area contributed by atoms with E-state index in [4.69, 9.17) is 4.98 Å². The third kappa shape index (κ3) is 4.88. The zero-order valence-electron chi connectivity index (χ0n) is 13.5. The average molecular weight is 345 g/mol. The summed E-state index contributed by atoms with van der Waals surface area (Å²) >= 11 is 6.24. The Morgan fingerprint density at radius 3 is 2.67 bits per heavy atom. The monoisotopic (exact) mass is 344 g/mol. The van der Waals surface area contributed by atoms with Gasteiger partial charge < -0.3 is 5.32 Å². The van der Waals surface area contributed by atoms with Crippen LogP contribution in [-0.4, -0.2) is 28.3 Å². The average Bonchev–Trinajstić information content (AvgIpc) is 2.91. The topological polar surface area (TPSA) is 24.9 Å². The first-order valence-corrected chi connectivity index (χ1v) is 11.1. The minimum absolute atomic E-state index is 0.620. The molecule has 1 saturated heterocycles. The second kappa shape index (κ2) is 9.43. The fraction of sp³-hybridized carbons (Fsp3) is 0.812. The number of aromatic nitrogens is 1. The SMILES string of the molecule is CCCNCc1sc(C2SCCSC2CC)nc1CCC. The zero-order valence-corrected chi connectivity index (χ0v) is 15.9.